The van der Waals surface area contributed by atoms with Gasteiger partial charge in [-0.2, -0.15) is 0 Å². The van der Waals surface area contributed by atoms with Crippen molar-refractivity contribution >= 4 is 17.5 Å². The van der Waals surface area contributed by atoms with E-state index < -0.39 is 35.1 Å². The molecule has 2 fully saturated rings. The lowest BCUT2D eigenvalue weighted by Gasteiger charge is -2.59. The third-order valence-corrected chi connectivity index (χ3v) is 11.7. The molecule has 4 aliphatic rings. The number of nitro benzene ring substituents is 1. The van der Waals surface area contributed by atoms with E-state index >= 15 is 0 Å². The second kappa shape index (κ2) is 20.5. The zero-order chi connectivity index (χ0) is 41.1. The molecule has 2 aliphatic heterocycles. The quantitative estimate of drug-likeness (QED) is 0.0570. The molecule has 316 valence electrons. The van der Waals surface area contributed by atoms with E-state index in [1.807, 2.05) is 19.1 Å². The summed E-state index contributed by atoms with van der Waals surface area (Å²) in [4.78, 5) is 33.1. The summed E-state index contributed by atoms with van der Waals surface area (Å²) < 4.78 is 32.2. The average Bonchev–Trinajstić information content (AvgIpc) is 3.23. The molecule has 2 N–H and O–H groups in total. The van der Waals surface area contributed by atoms with Crippen LogP contribution in [0.3, 0.4) is 0 Å². The van der Waals surface area contributed by atoms with Gasteiger partial charge >= 0.3 is 6.09 Å². The topological polar surface area (TPSA) is 172 Å². The van der Waals surface area contributed by atoms with Crippen LogP contribution in [0.2, 0.25) is 0 Å². The first-order chi connectivity index (χ1) is 28.3. The van der Waals surface area contributed by atoms with Crippen LogP contribution >= 0.6 is 0 Å². The highest BCUT2D eigenvalue weighted by molar-refractivity contribution is 6.03. The predicted molar refractivity (Wildman–Crippen MR) is 217 cm³/mol. The molecule has 2 heterocycles. The standard InChI is InChI=1S/C44H59N3O11/c1-4-21-46(43(50)53-6-3)39-29-37(45-58-40-18-9-12-25-54-40)35-26-30(14-7-10-22-48)34(17-8-11-23-49)41-36-28-33(56-32-16-13-15-31(27-32)47(51)52)19-20-38(36)57-44(39,42(35)41)55-24-5-2/h5,13,15-16,19-20,26-28,30,34,39-42,48-49H,2,4,6-12,14,17-18,21-25,29H2,1,3H3. The van der Waals surface area contributed by atoms with Gasteiger partial charge in [-0.3, -0.25) is 15.0 Å². The van der Waals surface area contributed by atoms with Gasteiger partial charge in [0.05, 0.1) is 42.4 Å². The fraction of sp³-hybridized carbons (Fsp3) is 0.591. The number of oxime groups is 1. The Kier molecular flexibility index (Phi) is 15.2. The number of carbonyl (C=O) groups excluding carboxylic acids is 1. The Labute approximate surface area is 340 Å². The maximum absolute atomic E-state index is 14.0. The van der Waals surface area contributed by atoms with Crippen molar-refractivity contribution in [3.8, 4) is 17.2 Å². The maximum atomic E-state index is 14.0. The van der Waals surface area contributed by atoms with Crippen LogP contribution in [-0.2, 0) is 19.0 Å². The molecule has 6 rings (SSSR count). The summed E-state index contributed by atoms with van der Waals surface area (Å²) in [7, 11) is 0. The summed E-state index contributed by atoms with van der Waals surface area (Å²) >= 11 is 0. The van der Waals surface area contributed by atoms with E-state index in [4.69, 9.17) is 33.7 Å². The summed E-state index contributed by atoms with van der Waals surface area (Å²) in [5, 5.41) is 36.2. The van der Waals surface area contributed by atoms with E-state index in [-0.39, 0.29) is 56.3 Å². The number of aliphatic hydroxyl groups is 2. The molecule has 0 bridgehead atoms. The van der Waals surface area contributed by atoms with Gasteiger partial charge in [0.25, 0.3) is 5.69 Å². The fourth-order valence-corrected chi connectivity index (χ4v) is 9.25. The maximum Gasteiger partial charge on any atom is 0.410 e. The summed E-state index contributed by atoms with van der Waals surface area (Å²) in [5.74, 6) is -0.804. The number of aliphatic hydroxyl groups excluding tert-OH is 2. The highest BCUT2D eigenvalue weighted by Gasteiger charge is 2.65. The Morgan fingerprint density at radius 2 is 1.88 bits per heavy atom. The molecule has 1 saturated heterocycles. The highest BCUT2D eigenvalue weighted by atomic mass is 16.8. The zero-order valence-electron chi connectivity index (χ0n) is 33.8. The monoisotopic (exact) mass is 805 g/mol. The lowest BCUT2D eigenvalue weighted by molar-refractivity contribution is -0.384. The Morgan fingerprint density at radius 1 is 1.09 bits per heavy atom. The van der Waals surface area contributed by atoms with Gasteiger partial charge in [-0.05, 0) is 93.5 Å². The lowest BCUT2D eigenvalue weighted by Crippen LogP contribution is -2.70. The van der Waals surface area contributed by atoms with Gasteiger partial charge in [-0.25, -0.2) is 4.79 Å². The minimum absolute atomic E-state index is 0.00577. The second-order valence-electron chi connectivity index (χ2n) is 15.4. The molecule has 0 aromatic heterocycles. The van der Waals surface area contributed by atoms with Crippen molar-refractivity contribution in [1.29, 1.82) is 0 Å². The van der Waals surface area contributed by atoms with Crippen molar-refractivity contribution in [3.05, 3.63) is 82.4 Å². The van der Waals surface area contributed by atoms with Crippen LogP contribution in [0.5, 0.6) is 17.2 Å². The van der Waals surface area contributed by atoms with Crippen LogP contribution in [0.4, 0.5) is 10.5 Å². The summed E-state index contributed by atoms with van der Waals surface area (Å²) in [5.41, 5.74) is 2.37. The van der Waals surface area contributed by atoms with Gasteiger partial charge in [0.15, 0.2) is 0 Å². The van der Waals surface area contributed by atoms with Crippen LogP contribution in [0, 0.1) is 27.9 Å². The van der Waals surface area contributed by atoms with E-state index in [1.165, 1.54) is 12.1 Å². The zero-order valence-corrected chi connectivity index (χ0v) is 33.8. The summed E-state index contributed by atoms with van der Waals surface area (Å²) in [6.45, 7) is 9.21. The number of nitrogens with zero attached hydrogens (tertiary/aromatic N) is 3. The molecular formula is C44H59N3O11. The molecule has 1 saturated carbocycles. The van der Waals surface area contributed by atoms with Gasteiger partial charge in [-0.1, -0.05) is 43.1 Å². The Bertz CT molecular complexity index is 1780. The normalized spacial score (nSPS) is 26.7. The smallest absolute Gasteiger partial charge is 0.410 e. The predicted octanol–water partition coefficient (Wildman–Crippen LogP) is 8.42. The minimum Gasteiger partial charge on any atom is -0.459 e. The fourth-order valence-electron chi connectivity index (χ4n) is 9.25. The largest absolute Gasteiger partial charge is 0.459 e. The molecule has 2 aromatic rings. The van der Waals surface area contributed by atoms with Gasteiger partial charge in [-0.15, -0.1) is 6.58 Å². The minimum atomic E-state index is -1.42. The lowest BCUT2D eigenvalue weighted by atomic mass is 9.55. The number of unbranched alkanes of at least 4 members (excludes halogenated alkanes) is 2. The number of nitro groups is 1. The highest BCUT2D eigenvalue weighted by Crippen LogP contribution is 2.62. The van der Waals surface area contributed by atoms with E-state index in [0.29, 0.717) is 61.8 Å². The SMILES string of the molecule is C=CCOC12Oc3ccc(Oc4cccc([N+](=O)[O-])c4)cc3C3C(CCCCO)C(CCCCO)C=C(C(=NOC4CCCCO4)CC1N(CCC)C(=O)OCC)C32. The molecule has 7 atom stereocenters. The number of ether oxygens (including phenoxy) is 5. The molecule has 14 heteroatoms. The van der Waals surface area contributed by atoms with Crippen LogP contribution in [0.15, 0.2) is 71.9 Å². The van der Waals surface area contributed by atoms with Gasteiger partial charge < -0.3 is 38.7 Å². The molecule has 0 spiro atoms. The Balaban J connectivity index is 1.58. The van der Waals surface area contributed by atoms with Crippen molar-refractivity contribution in [2.24, 2.45) is 22.9 Å². The Hall–Kier alpha value is -4.50. The third kappa shape index (κ3) is 9.51. The van der Waals surface area contributed by atoms with E-state index in [2.05, 4.69) is 12.7 Å². The van der Waals surface area contributed by atoms with Gasteiger partial charge in [0.2, 0.25) is 12.1 Å². The molecule has 58 heavy (non-hydrogen) atoms. The van der Waals surface area contributed by atoms with Crippen molar-refractivity contribution in [2.75, 3.05) is 39.6 Å². The molecule has 7 unspecified atom stereocenters. The number of hydrogen-bond acceptors (Lipinski definition) is 12. The number of amides is 1. The van der Waals surface area contributed by atoms with Crippen molar-refractivity contribution in [3.63, 3.8) is 0 Å². The number of carbonyl (C=O) groups is 1. The first-order valence-electron chi connectivity index (χ1n) is 21.0. The van der Waals surface area contributed by atoms with E-state index in [0.717, 1.165) is 49.7 Å². The van der Waals surface area contributed by atoms with Crippen LogP contribution in [-0.4, -0.2) is 89.5 Å². The average molecular weight is 806 g/mol. The van der Waals surface area contributed by atoms with Crippen molar-refractivity contribution in [1.82, 2.24) is 4.90 Å². The van der Waals surface area contributed by atoms with E-state index in [9.17, 15) is 25.1 Å². The number of allylic oxidation sites excluding steroid dienone is 1. The van der Waals surface area contributed by atoms with Crippen LogP contribution in [0.1, 0.15) is 96.0 Å². The molecule has 2 aliphatic carbocycles. The third-order valence-electron chi connectivity index (χ3n) is 11.7. The second-order valence-corrected chi connectivity index (χ2v) is 15.4. The van der Waals surface area contributed by atoms with Gasteiger partial charge in [0, 0.05) is 50.1 Å². The number of rotatable bonds is 20. The first-order valence-corrected chi connectivity index (χ1v) is 21.0. The van der Waals surface area contributed by atoms with Gasteiger partial charge in [0.1, 0.15) is 23.3 Å². The van der Waals surface area contributed by atoms with Crippen molar-refractivity contribution in [2.45, 2.75) is 109 Å². The molecule has 0 radical (unpaired) electrons. The number of hydrogen-bond donors (Lipinski definition) is 2. The van der Waals surface area contributed by atoms with Crippen molar-refractivity contribution < 1.29 is 48.5 Å². The summed E-state index contributed by atoms with van der Waals surface area (Å²) in [6.07, 6.45) is 10.9. The molecular weight excluding hydrogens is 746 g/mol. The van der Waals surface area contributed by atoms with E-state index in [1.54, 1.807) is 36.1 Å². The number of fused-ring (bicyclic) bond motifs is 2. The Morgan fingerprint density at radius 3 is 2.59 bits per heavy atom. The number of non-ortho nitro benzene ring substituents is 1. The molecule has 1 amide bonds. The summed E-state index contributed by atoms with van der Waals surface area (Å²) in [6, 6.07) is 10.9. The molecule has 14 nitrogen and oxygen atoms in total. The molecule has 2 aromatic carbocycles. The van der Waals surface area contributed by atoms with Crippen LogP contribution in [0.25, 0.3) is 0 Å². The van der Waals surface area contributed by atoms with Crippen LogP contribution < -0.4 is 9.47 Å². The first kappa shape index (κ1) is 43.1. The number of benzene rings is 2.